The molecule has 100 valence electrons. The van der Waals surface area contributed by atoms with Crippen LogP contribution in [0.4, 0.5) is 0 Å². The monoisotopic (exact) mass is 251 g/mol. The third-order valence-electron chi connectivity index (χ3n) is 3.65. The van der Waals surface area contributed by atoms with Gasteiger partial charge in [-0.2, -0.15) is 0 Å². The molecule has 0 aromatic carbocycles. The third-order valence-corrected chi connectivity index (χ3v) is 3.65. The number of carbonyl (C=O) groups excluding carboxylic acids is 1. The molecule has 5 heteroatoms. The molecule has 1 aromatic heterocycles. The number of rotatable bonds is 5. The minimum absolute atomic E-state index is 0.0243. The Bertz CT molecular complexity index is 397. The van der Waals surface area contributed by atoms with Crippen LogP contribution in [0.3, 0.4) is 0 Å². The Kier molecular flexibility index (Phi) is 4.47. The number of hydrogen-bond donors (Lipinski definition) is 0. The van der Waals surface area contributed by atoms with Gasteiger partial charge < -0.3 is 4.74 Å². The van der Waals surface area contributed by atoms with Crippen molar-refractivity contribution < 1.29 is 9.53 Å². The molecule has 1 fully saturated rings. The lowest BCUT2D eigenvalue weighted by atomic mass is 9.83. The highest BCUT2D eigenvalue weighted by atomic mass is 16.5. The van der Waals surface area contributed by atoms with Gasteiger partial charge in [0.25, 0.3) is 0 Å². The van der Waals surface area contributed by atoms with Crippen molar-refractivity contribution in [1.29, 1.82) is 0 Å². The summed E-state index contributed by atoms with van der Waals surface area (Å²) in [6, 6.07) is 0. The molecular weight excluding hydrogens is 230 g/mol. The Morgan fingerprint density at radius 3 is 2.78 bits per heavy atom. The van der Waals surface area contributed by atoms with Gasteiger partial charge in [0, 0.05) is 13.7 Å². The van der Waals surface area contributed by atoms with Gasteiger partial charge in [0.2, 0.25) is 5.78 Å². The van der Waals surface area contributed by atoms with E-state index in [0.717, 1.165) is 12.8 Å². The standard InChI is InChI=1S/C13H21N3O2/c1-3-18-13(10-7-5-4-6-8-10)12(17)11-9-14-15-16(11)2/h9-10,13H,3-8H2,1-2H3. The normalized spacial score (nSPS) is 18.8. The molecule has 0 saturated heterocycles. The lowest BCUT2D eigenvalue weighted by Gasteiger charge is -2.28. The molecule has 1 heterocycles. The average molecular weight is 251 g/mol. The highest BCUT2D eigenvalue weighted by Gasteiger charge is 2.32. The Hall–Kier alpha value is -1.23. The molecule has 0 amide bonds. The van der Waals surface area contributed by atoms with Crippen molar-refractivity contribution in [2.24, 2.45) is 13.0 Å². The van der Waals surface area contributed by atoms with Crippen molar-refractivity contribution in [3.63, 3.8) is 0 Å². The molecule has 0 radical (unpaired) electrons. The van der Waals surface area contributed by atoms with Crippen LogP contribution >= 0.6 is 0 Å². The largest absolute Gasteiger partial charge is 0.370 e. The zero-order valence-corrected chi connectivity index (χ0v) is 11.1. The predicted molar refractivity (Wildman–Crippen MR) is 67.3 cm³/mol. The number of aryl methyl sites for hydroxylation is 1. The zero-order valence-electron chi connectivity index (χ0n) is 11.1. The van der Waals surface area contributed by atoms with Crippen molar-refractivity contribution in [1.82, 2.24) is 15.0 Å². The number of hydrogen-bond acceptors (Lipinski definition) is 4. The molecule has 5 nitrogen and oxygen atoms in total. The zero-order chi connectivity index (χ0) is 13.0. The van der Waals surface area contributed by atoms with Crippen molar-refractivity contribution in [2.75, 3.05) is 6.61 Å². The second kappa shape index (κ2) is 6.09. The van der Waals surface area contributed by atoms with Crippen LogP contribution in [-0.2, 0) is 11.8 Å². The summed E-state index contributed by atoms with van der Waals surface area (Å²) in [6.45, 7) is 2.50. The average Bonchev–Trinajstić information content (AvgIpc) is 2.82. The summed E-state index contributed by atoms with van der Waals surface area (Å²) in [7, 11) is 1.74. The number of Topliss-reactive ketones (excluding diaryl/α,β-unsaturated/α-hetero) is 1. The first-order valence-electron chi connectivity index (χ1n) is 6.74. The first-order valence-corrected chi connectivity index (χ1v) is 6.74. The van der Waals surface area contributed by atoms with E-state index in [1.807, 2.05) is 6.92 Å². The van der Waals surface area contributed by atoms with Crippen LogP contribution in [0.2, 0.25) is 0 Å². The first-order chi connectivity index (χ1) is 8.74. The van der Waals surface area contributed by atoms with E-state index < -0.39 is 0 Å². The van der Waals surface area contributed by atoms with Gasteiger partial charge in [0.15, 0.2) is 0 Å². The third kappa shape index (κ3) is 2.77. The number of carbonyl (C=O) groups is 1. The minimum atomic E-state index is -0.326. The Labute approximate surface area is 108 Å². The Morgan fingerprint density at radius 2 is 2.22 bits per heavy atom. The van der Waals surface area contributed by atoms with Gasteiger partial charge in [-0.05, 0) is 25.7 Å². The van der Waals surface area contributed by atoms with Crippen molar-refractivity contribution >= 4 is 5.78 Å². The van der Waals surface area contributed by atoms with Gasteiger partial charge in [-0.3, -0.25) is 4.79 Å². The van der Waals surface area contributed by atoms with Gasteiger partial charge in [-0.15, -0.1) is 5.10 Å². The number of nitrogens with zero attached hydrogens (tertiary/aromatic N) is 3. The summed E-state index contributed by atoms with van der Waals surface area (Å²) in [6.07, 6.45) is 7.04. The number of ketones is 1. The summed E-state index contributed by atoms with van der Waals surface area (Å²) in [5.41, 5.74) is 0.541. The molecule has 1 atom stereocenters. The number of aromatic nitrogens is 3. The Morgan fingerprint density at radius 1 is 1.50 bits per heavy atom. The second-order valence-electron chi connectivity index (χ2n) is 4.88. The molecule has 0 N–H and O–H groups in total. The molecule has 18 heavy (non-hydrogen) atoms. The van der Waals surface area contributed by atoms with Crippen LogP contribution in [0.25, 0.3) is 0 Å². The first kappa shape index (κ1) is 13.2. The molecule has 2 rings (SSSR count). The number of ether oxygens (including phenoxy) is 1. The van der Waals surface area contributed by atoms with Gasteiger partial charge in [-0.1, -0.05) is 24.5 Å². The summed E-state index contributed by atoms with van der Waals surface area (Å²) in [5, 5.41) is 7.58. The molecular formula is C13H21N3O2. The second-order valence-corrected chi connectivity index (χ2v) is 4.88. The van der Waals surface area contributed by atoms with Crippen molar-refractivity contribution in [3.8, 4) is 0 Å². The van der Waals surface area contributed by atoms with E-state index in [1.165, 1.54) is 30.1 Å². The van der Waals surface area contributed by atoms with Gasteiger partial charge in [0.05, 0.1) is 6.20 Å². The maximum Gasteiger partial charge on any atom is 0.211 e. The predicted octanol–water partition coefficient (Wildman–Crippen LogP) is 1.98. The molecule has 1 aromatic rings. The quantitative estimate of drug-likeness (QED) is 0.751. The van der Waals surface area contributed by atoms with Crippen LogP contribution < -0.4 is 0 Å². The molecule has 1 saturated carbocycles. The summed E-state index contributed by atoms with van der Waals surface area (Å²) < 4.78 is 7.23. The smallest absolute Gasteiger partial charge is 0.211 e. The highest BCUT2D eigenvalue weighted by molar-refractivity contribution is 5.97. The molecule has 1 aliphatic carbocycles. The van der Waals surface area contributed by atoms with Gasteiger partial charge in [0.1, 0.15) is 11.8 Å². The van der Waals surface area contributed by atoms with Gasteiger partial charge >= 0.3 is 0 Å². The van der Waals surface area contributed by atoms with Crippen molar-refractivity contribution in [2.45, 2.75) is 45.1 Å². The fourth-order valence-electron chi connectivity index (χ4n) is 2.70. The lowest BCUT2D eigenvalue weighted by molar-refractivity contribution is 0.0120. The molecule has 0 bridgehead atoms. The fraction of sp³-hybridized carbons (Fsp3) is 0.769. The minimum Gasteiger partial charge on any atom is -0.370 e. The highest BCUT2D eigenvalue weighted by Crippen LogP contribution is 2.29. The van der Waals surface area contributed by atoms with Crippen LogP contribution in [0.1, 0.15) is 49.5 Å². The van der Waals surface area contributed by atoms with E-state index >= 15 is 0 Å². The van der Waals surface area contributed by atoms with Crippen LogP contribution in [-0.4, -0.2) is 33.5 Å². The maximum atomic E-state index is 12.5. The molecule has 1 unspecified atom stereocenters. The lowest BCUT2D eigenvalue weighted by Crippen LogP contribution is -2.35. The fourth-order valence-corrected chi connectivity index (χ4v) is 2.70. The molecule has 1 aliphatic rings. The summed E-state index contributed by atoms with van der Waals surface area (Å²) >= 11 is 0. The van der Waals surface area contributed by atoms with Crippen LogP contribution in [0.5, 0.6) is 0 Å². The van der Waals surface area contributed by atoms with E-state index in [2.05, 4.69) is 10.3 Å². The molecule has 0 spiro atoms. The van der Waals surface area contributed by atoms with E-state index in [9.17, 15) is 4.79 Å². The molecule has 0 aliphatic heterocycles. The van der Waals surface area contributed by atoms with E-state index in [1.54, 1.807) is 7.05 Å². The SMILES string of the molecule is CCOC(C(=O)c1cnnn1C)C1CCCCC1. The van der Waals surface area contributed by atoms with Crippen LogP contribution in [0, 0.1) is 5.92 Å². The Balaban J connectivity index is 2.13. The van der Waals surface area contributed by atoms with E-state index in [4.69, 9.17) is 4.74 Å². The van der Waals surface area contributed by atoms with E-state index in [-0.39, 0.29) is 11.9 Å². The summed E-state index contributed by atoms with van der Waals surface area (Å²) in [5.74, 6) is 0.373. The van der Waals surface area contributed by atoms with Crippen LogP contribution in [0.15, 0.2) is 6.20 Å². The maximum absolute atomic E-state index is 12.5. The summed E-state index contributed by atoms with van der Waals surface area (Å²) in [4.78, 5) is 12.5. The topological polar surface area (TPSA) is 57.0 Å². The van der Waals surface area contributed by atoms with E-state index in [0.29, 0.717) is 18.2 Å². The van der Waals surface area contributed by atoms with Gasteiger partial charge in [-0.25, -0.2) is 4.68 Å². The van der Waals surface area contributed by atoms with Crippen molar-refractivity contribution in [3.05, 3.63) is 11.9 Å².